The Morgan fingerprint density at radius 1 is 1.25 bits per heavy atom. The number of pyridine rings is 1. The lowest BCUT2D eigenvalue weighted by Gasteiger charge is -2.31. The number of amides is 2. The van der Waals surface area contributed by atoms with Crippen molar-refractivity contribution in [2.45, 2.75) is 45.6 Å². The molecule has 2 amide bonds. The Kier molecular flexibility index (Phi) is 5.97. The summed E-state index contributed by atoms with van der Waals surface area (Å²) in [4.78, 5) is 30.4. The summed E-state index contributed by atoms with van der Waals surface area (Å²) < 4.78 is 5.57. The van der Waals surface area contributed by atoms with Crippen LogP contribution in [0.5, 0.6) is 5.75 Å². The minimum Gasteiger partial charge on any atom is -0.482 e. The molecule has 0 fully saturated rings. The lowest BCUT2D eigenvalue weighted by atomic mass is 9.86. The molecule has 3 rings (SSSR count). The average Bonchev–Trinajstić information content (AvgIpc) is 2.68. The maximum absolute atomic E-state index is 12.4. The van der Waals surface area contributed by atoms with E-state index in [9.17, 15) is 9.59 Å². The van der Waals surface area contributed by atoms with E-state index in [1.54, 1.807) is 11.1 Å². The van der Waals surface area contributed by atoms with Crippen molar-refractivity contribution in [3.63, 3.8) is 0 Å². The van der Waals surface area contributed by atoms with Crippen LogP contribution in [0.15, 0.2) is 42.6 Å². The van der Waals surface area contributed by atoms with Crippen LogP contribution in [0.25, 0.3) is 0 Å². The van der Waals surface area contributed by atoms with Crippen LogP contribution in [0.2, 0.25) is 0 Å². The summed E-state index contributed by atoms with van der Waals surface area (Å²) in [6.45, 7) is 7.34. The van der Waals surface area contributed by atoms with Gasteiger partial charge in [-0.15, -0.1) is 0 Å². The van der Waals surface area contributed by atoms with Crippen LogP contribution in [0, 0.1) is 0 Å². The number of benzene rings is 1. The van der Waals surface area contributed by atoms with Crippen LogP contribution in [0.3, 0.4) is 0 Å². The molecule has 1 N–H and O–H groups in total. The van der Waals surface area contributed by atoms with Gasteiger partial charge in [0.05, 0.1) is 17.9 Å². The molecule has 6 nitrogen and oxygen atoms in total. The number of nitrogens with one attached hydrogen (secondary N) is 1. The van der Waals surface area contributed by atoms with Crippen LogP contribution >= 0.6 is 0 Å². The molecule has 1 aliphatic heterocycles. The predicted molar refractivity (Wildman–Crippen MR) is 108 cm³/mol. The Bertz CT molecular complexity index is 844. The molecular weight excluding hydrogens is 354 g/mol. The van der Waals surface area contributed by atoms with E-state index in [4.69, 9.17) is 4.74 Å². The highest BCUT2D eigenvalue weighted by atomic mass is 16.5. The van der Waals surface area contributed by atoms with Crippen molar-refractivity contribution in [1.82, 2.24) is 10.3 Å². The summed E-state index contributed by atoms with van der Waals surface area (Å²) in [7, 11) is 0. The van der Waals surface area contributed by atoms with E-state index in [1.807, 2.05) is 36.4 Å². The normalized spacial score (nSPS) is 13.7. The quantitative estimate of drug-likeness (QED) is 0.834. The van der Waals surface area contributed by atoms with Gasteiger partial charge in [-0.05, 0) is 41.7 Å². The van der Waals surface area contributed by atoms with Crippen LogP contribution in [0.1, 0.15) is 44.9 Å². The zero-order chi connectivity index (χ0) is 20.1. The second-order valence-corrected chi connectivity index (χ2v) is 7.97. The summed E-state index contributed by atoms with van der Waals surface area (Å²) >= 11 is 0. The summed E-state index contributed by atoms with van der Waals surface area (Å²) in [5.74, 6) is 0.592. The second kappa shape index (κ2) is 8.42. The smallest absolute Gasteiger partial charge is 0.265 e. The molecule has 1 aromatic heterocycles. The summed E-state index contributed by atoms with van der Waals surface area (Å²) in [6, 6.07) is 11.6. The Morgan fingerprint density at radius 2 is 2.07 bits per heavy atom. The molecule has 2 heterocycles. The molecule has 0 radical (unpaired) electrons. The fourth-order valence-corrected chi connectivity index (χ4v) is 3.09. The molecule has 148 valence electrons. The van der Waals surface area contributed by atoms with E-state index in [-0.39, 0.29) is 23.8 Å². The molecule has 28 heavy (non-hydrogen) atoms. The zero-order valence-corrected chi connectivity index (χ0v) is 16.7. The number of carbonyl (C=O) groups excluding carboxylic acids is 2. The molecule has 0 bridgehead atoms. The Morgan fingerprint density at radius 3 is 2.79 bits per heavy atom. The molecule has 0 atom stereocenters. The Labute approximate surface area is 165 Å². The van der Waals surface area contributed by atoms with Crippen LogP contribution in [0.4, 0.5) is 5.69 Å². The SMILES string of the molecule is CC(C)(C)c1ccc2c(c1)N(CCCC(=O)NCc1ccccn1)C(=O)CO2. The lowest BCUT2D eigenvalue weighted by molar-refractivity contribution is -0.123. The number of aromatic nitrogens is 1. The van der Waals surface area contributed by atoms with Gasteiger partial charge < -0.3 is 15.0 Å². The molecule has 1 aromatic carbocycles. The first-order valence-electron chi connectivity index (χ1n) is 9.59. The maximum atomic E-state index is 12.4. The highest BCUT2D eigenvalue weighted by Crippen LogP contribution is 2.36. The van der Waals surface area contributed by atoms with Gasteiger partial charge in [-0.2, -0.15) is 0 Å². The Balaban J connectivity index is 1.58. The molecule has 2 aromatic rings. The van der Waals surface area contributed by atoms with Crippen molar-refractivity contribution >= 4 is 17.5 Å². The molecule has 0 aliphatic carbocycles. The first-order valence-corrected chi connectivity index (χ1v) is 9.59. The van der Waals surface area contributed by atoms with Crippen LogP contribution in [-0.2, 0) is 21.5 Å². The molecule has 0 saturated carbocycles. The maximum Gasteiger partial charge on any atom is 0.265 e. The molecule has 6 heteroatoms. The highest BCUT2D eigenvalue weighted by Gasteiger charge is 2.27. The fourth-order valence-electron chi connectivity index (χ4n) is 3.09. The number of hydrogen-bond acceptors (Lipinski definition) is 4. The van der Waals surface area contributed by atoms with E-state index in [2.05, 4.69) is 31.1 Å². The third-order valence-electron chi connectivity index (χ3n) is 4.75. The zero-order valence-electron chi connectivity index (χ0n) is 16.7. The third-order valence-corrected chi connectivity index (χ3v) is 4.75. The average molecular weight is 381 g/mol. The van der Waals surface area contributed by atoms with Crippen molar-refractivity contribution in [1.29, 1.82) is 0 Å². The van der Waals surface area contributed by atoms with Gasteiger partial charge in [0.2, 0.25) is 5.91 Å². The highest BCUT2D eigenvalue weighted by molar-refractivity contribution is 5.98. The van der Waals surface area contributed by atoms with Gasteiger partial charge in [0.15, 0.2) is 6.61 Å². The van der Waals surface area contributed by atoms with Crippen molar-refractivity contribution in [2.24, 2.45) is 0 Å². The molecule has 1 aliphatic rings. The number of anilines is 1. The van der Waals surface area contributed by atoms with E-state index in [0.717, 1.165) is 16.9 Å². The molecule has 0 unspecified atom stereocenters. The van der Waals surface area contributed by atoms with Gasteiger partial charge in [0.25, 0.3) is 5.91 Å². The minimum atomic E-state index is -0.0764. The monoisotopic (exact) mass is 381 g/mol. The van der Waals surface area contributed by atoms with Crippen molar-refractivity contribution < 1.29 is 14.3 Å². The third kappa shape index (κ3) is 4.88. The van der Waals surface area contributed by atoms with Gasteiger partial charge in [-0.3, -0.25) is 14.6 Å². The number of fused-ring (bicyclic) bond motifs is 1. The van der Waals surface area contributed by atoms with Gasteiger partial charge in [0.1, 0.15) is 5.75 Å². The number of nitrogens with zero attached hydrogens (tertiary/aromatic N) is 2. The summed E-state index contributed by atoms with van der Waals surface area (Å²) in [5.41, 5.74) is 2.73. The standard InChI is InChI=1S/C22H27N3O3/c1-22(2,3)16-9-10-19-18(13-16)25(21(27)15-28-19)12-6-8-20(26)24-14-17-7-4-5-11-23-17/h4-5,7,9-11,13H,6,8,12,14-15H2,1-3H3,(H,24,26). The van der Waals surface area contributed by atoms with Gasteiger partial charge >= 0.3 is 0 Å². The van der Waals surface area contributed by atoms with Crippen molar-refractivity contribution in [2.75, 3.05) is 18.1 Å². The predicted octanol–water partition coefficient (Wildman–Crippen LogP) is 3.20. The van der Waals surface area contributed by atoms with E-state index in [0.29, 0.717) is 31.7 Å². The number of ether oxygens (including phenoxy) is 1. The second-order valence-electron chi connectivity index (χ2n) is 7.97. The fraction of sp³-hybridized carbons (Fsp3) is 0.409. The van der Waals surface area contributed by atoms with Crippen molar-refractivity contribution in [3.05, 3.63) is 53.9 Å². The number of carbonyl (C=O) groups is 2. The first-order chi connectivity index (χ1) is 13.3. The van der Waals surface area contributed by atoms with E-state index < -0.39 is 0 Å². The molecule has 0 saturated heterocycles. The molecule has 0 spiro atoms. The van der Waals surface area contributed by atoms with Gasteiger partial charge in [-0.25, -0.2) is 0 Å². The van der Waals surface area contributed by atoms with Crippen molar-refractivity contribution in [3.8, 4) is 5.75 Å². The first kappa shape index (κ1) is 19.9. The van der Waals surface area contributed by atoms with Gasteiger partial charge in [-0.1, -0.05) is 32.9 Å². The van der Waals surface area contributed by atoms with E-state index in [1.165, 1.54) is 0 Å². The van der Waals surface area contributed by atoms with Crippen LogP contribution in [-0.4, -0.2) is 29.9 Å². The van der Waals surface area contributed by atoms with E-state index >= 15 is 0 Å². The number of hydrogen-bond donors (Lipinski definition) is 1. The summed E-state index contributed by atoms with van der Waals surface area (Å²) in [5, 5.41) is 2.87. The number of rotatable bonds is 6. The lowest BCUT2D eigenvalue weighted by Crippen LogP contribution is -2.40. The van der Waals surface area contributed by atoms with Crippen LogP contribution < -0.4 is 15.0 Å². The summed E-state index contributed by atoms with van der Waals surface area (Å²) in [6.07, 6.45) is 2.64. The Hall–Kier alpha value is -2.89. The minimum absolute atomic E-state index is 0.0213. The van der Waals surface area contributed by atoms with Gasteiger partial charge in [0, 0.05) is 19.2 Å². The topological polar surface area (TPSA) is 71.5 Å². The molecular formula is C22H27N3O3. The largest absolute Gasteiger partial charge is 0.482 e.